The van der Waals surface area contributed by atoms with Gasteiger partial charge < -0.3 is 19.5 Å². The first-order chi connectivity index (χ1) is 11.1. The number of nitrogens with zero attached hydrogens (tertiary/aromatic N) is 1. The summed E-state index contributed by atoms with van der Waals surface area (Å²) in [6, 6.07) is 9.10. The molecule has 1 aliphatic heterocycles. The minimum atomic E-state index is -0.395. The number of ether oxygens (including phenoxy) is 3. The number of fused-ring (bicyclic) bond motifs is 1. The Labute approximate surface area is 134 Å². The number of aromatic nitrogens is 1. The second-order valence-electron chi connectivity index (χ2n) is 5.36. The highest BCUT2D eigenvalue weighted by molar-refractivity contribution is 5.94. The number of carbonyl (C=O) groups is 1. The van der Waals surface area contributed by atoms with Crippen LogP contribution in [0.3, 0.4) is 0 Å². The van der Waals surface area contributed by atoms with Gasteiger partial charge in [-0.05, 0) is 32.0 Å². The first-order valence-electron chi connectivity index (χ1n) is 7.42. The SMILES string of the molecule is CC(C)OC(=O)c1cccnc1NCc1cccc2c1OCO2. The highest BCUT2D eigenvalue weighted by Crippen LogP contribution is 2.35. The fraction of sp³-hybridized carbons (Fsp3) is 0.294. The first-order valence-corrected chi connectivity index (χ1v) is 7.42. The number of hydrogen-bond donors (Lipinski definition) is 1. The van der Waals surface area contributed by atoms with Crippen LogP contribution in [0.5, 0.6) is 11.5 Å². The van der Waals surface area contributed by atoms with Gasteiger partial charge in [0.25, 0.3) is 0 Å². The number of nitrogens with one attached hydrogen (secondary N) is 1. The molecule has 3 rings (SSSR count). The summed E-state index contributed by atoms with van der Waals surface area (Å²) in [6.07, 6.45) is 1.45. The van der Waals surface area contributed by atoms with Crippen LogP contribution in [0.4, 0.5) is 5.82 Å². The molecule has 0 bridgehead atoms. The Balaban J connectivity index is 1.77. The number of pyridine rings is 1. The molecule has 0 aliphatic carbocycles. The largest absolute Gasteiger partial charge is 0.459 e. The van der Waals surface area contributed by atoms with Crippen molar-refractivity contribution in [3.05, 3.63) is 47.7 Å². The zero-order valence-corrected chi connectivity index (χ0v) is 13.0. The summed E-state index contributed by atoms with van der Waals surface area (Å²) in [5, 5.41) is 3.17. The van der Waals surface area contributed by atoms with Gasteiger partial charge in [-0.2, -0.15) is 0 Å². The molecule has 6 heteroatoms. The molecule has 120 valence electrons. The van der Waals surface area contributed by atoms with E-state index in [0.717, 1.165) is 17.1 Å². The second kappa shape index (κ2) is 6.56. The van der Waals surface area contributed by atoms with Crippen molar-refractivity contribution < 1.29 is 19.0 Å². The number of anilines is 1. The van der Waals surface area contributed by atoms with Gasteiger partial charge in [-0.1, -0.05) is 12.1 Å². The molecule has 6 nitrogen and oxygen atoms in total. The van der Waals surface area contributed by atoms with Crippen molar-refractivity contribution in [3.8, 4) is 11.5 Å². The van der Waals surface area contributed by atoms with Gasteiger partial charge >= 0.3 is 5.97 Å². The molecule has 0 saturated carbocycles. The lowest BCUT2D eigenvalue weighted by molar-refractivity contribution is 0.0378. The summed E-state index contributed by atoms with van der Waals surface area (Å²) in [5.41, 5.74) is 1.35. The summed E-state index contributed by atoms with van der Waals surface area (Å²) in [6.45, 7) is 4.31. The van der Waals surface area contributed by atoms with E-state index in [9.17, 15) is 4.79 Å². The van der Waals surface area contributed by atoms with Gasteiger partial charge in [0.15, 0.2) is 11.5 Å². The molecule has 2 heterocycles. The van der Waals surface area contributed by atoms with Gasteiger partial charge in [0.1, 0.15) is 11.4 Å². The number of carbonyl (C=O) groups excluding carboxylic acids is 1. The van der Waals surface area contributed by atoms with Crippen molar-refractivity contribution >= 4 is 11.8 Å². The summed E-state index contributed by atoms with van der Waals surface area (Å²) in [5.74, 6) is 1.54. The maximum absolute atomic E-state index is 12.1. The fourth-order valence-corrected chi connectivity index (χ4v) is 2.30. The van der Waals surface area contributed by atoms with E-state index in [0.29, 0.717) is 17.9 Å². The van der Waals surface area contributed by atoms with Crippen LogP contribution in [-0.4, -0.2) is 23.9 Å². The minimum Gasteiger partial charge on any atom is -0.459 e. The van der Waals surface area contributed by atoms with Crippen LogP contribution in [0.25, 0.3) is 0 Å². The Morgan fingerprint density at radius 3 is 3.00 bits per heavy atom. The molecule has 1 aliphatic rings. The van der Waals surface area contributed by atoms with E-state index in [1.807, 2.05) is 32.0 Å². The van der Waals surface area contributed by atoms with Gasteiger partial charge in [0.05, 0.1) is 6.10 Å². The molecule has 2 aromatic rings. The molecule has 0 atom stereocenters. The van der Waals surface area contributed by atoms with Crippen LogP contribution in [0.1, 0.15) is 29.8 Å². The average Bonchev–Trinajstić information content (AvgIpc) is 3.01. The van der Waals surface area contributed by atoms with E-state index in [1.165, 1.54) is 0 Å². The van der Waals surface area contributed by atoms with E-state index in [1.54, 1.807) is 18.3 Å². The van der Waals surface area contributed by atoms with Gasteiger partial charge in [-0.3, -0.25) is 0 Å². The minimum absolute atomic E-state index is 0.182. The summed E-state index contributed by atoms with van der Waals surface area (Å²) in [7, 11) is 0. The Bertz CT molecular complexity index is 715. The van der Waals surface area contributed by atoms with Gasteiger partial charge in [0, 0.05) is 18.3 Å². The third-order valence-electron chi connectivity index (χ3n) is 3.29. The predicted octanol–water partition coefficient (Wildman–Crippen LogP) is 2.99. The number of benzene rings is 1. The smallest absolute Gasteiger partial charge is 0.342 e. The number of hydrogen-bond acceptors (Lipinski definition) is 6. The molecule has 1 N–H and O–H groups in total. The zero-order valence-electron chi connectivity index (χ0n) is 13.0. The number of rotatable bonds is 5. The monoisotopic (exact) mass is 314 g/mol. The highest BCUT2D eigenvalue weighted by Gasteiger charge is 2.19. The van der Waals surface area contributed by atoms with Crippen molar-refractivity contribution in [2.24, 2.45) is 0 Å². The molecule has 23 heavy (non-hydrogen) atoms. The van der Waals surface area contributed by atoms with Crippen LogP contribution in [0.2, 0.25) is 0 Å². The van der Waals surface area contributed by atoms with Crippen molar-refractivity contribution in [1.82, 2.24) is 4.98 Å². The molecule has 1 aromatic heterocycles. The van der Waals surface area contributed by atoms with E-state index in [2.05, 4.69) is 10.3 Å². The van der Waals surface area contributed by atoms with Crippen molar-refractivity contribution in [3.63, 3.8) is 0 Å². The quantitative estimate of drug-likeness (QED) is 0.856. The average molecular weight is 314 g/mol. The predicted molar refractivity (Wildman–Crippen MR) is 84.7 cm³/mol. The fourth-order valence-electron chi connectivity index (χ4n) is 2.30. The number of para-hydroxylation sites is 1. The topological polar surface area (TPSA) is 69.7 Å². The first kappa shape index (κ1) is 15.1. The summed E-state index contributed by atoms with van der Waals surface area (Å²) >= 11 is 0. The van der Waals surface area contributed by atoms with Crippen LogP contribution >= 0.6 is 0 Å². The Morgan fingerprint density at radius 1 is 1.30 bits per heavy atom. The molecule has 0 saturated heterocycles. The molecular formula is C17H18N2O4. The van der Waals surface area contributed by atoms with Crippen LogP contribution in [-0.2, 0) is 11.3 Å². The number of esters is 1. The molecule has 0 amide bonds. The van der Waals surface area contributed by atoms with E-state index >= 15 is 0 Å². The zero-order chi connectivity index (χ0) is 16.2. The second-order valence-corrected chi connectivity index (χ2v) is 5.36. The lowest BCUT2D eigenvalue weighted by atomic mass is 10.2. The van der Waals surface area contributed by atoms with E-state index in [-0.39, 0.29) is 12.9 Å². The van der Waals surface area contributed by atoms with Gasteiger partial charge in [-0.25, -0.2) is 9.78 Å². The van der Waals surface area contributed by atoms with Gasteiger partial charge in [-0.15, -0.1) is 0 Å². The maximum atomic E-state index is 12.1. The molecule has 0 fully saturated rings. The summed E-state index contributed by atoms with van der Waals surface area (Å²) < 4.78 is 16.1. The van der Waals surface area contributed by atoms with Crippen LogP contribution < -0.4 is 14.8 Å². The normalized spacial score (nSPS) is 12.3. The van der Waals surface area contributed by atoms with E-state index in [4.69, 9.17) is 14.2 Å². The van der Waals surface area contributed by atoms with Crippen molar-refractivity contribution in [2.75, 3.05) is 12.1 Å². The molecule has 0 unspecified atom stereocenters. The lowest BCUT2D eigenvalue weighted by Crippen LogP contribution is -2.15. The molecule has 0 radical (unpaired) electrons. The van der Waals surface area contributed by atoms with Crippen LogP contribution in [0, 0.1) is 0 Å². The Morgan fingerprint density at radius 2 is 2.17 bits per heavy atom. The Kier molecular flexibility index (Phi) is 4.32. The molecule has 1 aromatic carbocycles. The van der Waals surface area contributed by atoms with Crippen molar-refractivity contribution in [2.45, 2.75) is 26.5 Å². The maximum Gasteiger partial charge on any atom is 0.342 e. The standard InChI is InChI=1S/C17H18N2O4/c1-11(2)23-17(20)13-6-4-8-18-16(13)19-9-12-5-3-7-14-15(12)22-10-21-14/h3-8,11H,9-10H2,1-2H3,(H,18,19). The molecule has 0 spiro atoms. The third-order valence-corrected chi connectivity index (χ3v) is 3.29. The highest BCUT2D eigenvalue weighted by atomic mass is 16.7. The van der Waals surface area contributed by atoms with Crippen LogP contribution in [0.15, 0.2) is 36.5 Å². The lowest BCUT2D eigenvalue weighted by Gasteiger charge is -2.13. The summed E-state index contributed by atoms with van der Waals surface area (Å²) in [4.78, 5) is 16.4. The molecular weight excluding hydrogens is 296 g/mol. The van der Waals surface area contributed by atoms with Gasteiger partial charge in [0.2, 0.25) is 6.79 Å². The third kappa shape index (κ3) is 3.36. The van der Waals surface area contributed by atoms with Crippen molar-refractivity contribution in [1.29, 1.82) is 0 Å². The van der Waals surface area contributed by atoms with E-state index < -0.39 is 5.97 Å². The Hall–Kier alpha value is -2.76.